The fourth-order valence-electron chi connectivity index (χ4n) is 9.07. The summed E-state index contributed by atoms with van der Waals surface area (Å²) in [5.74, 6) is -0.558. The lowest BCUT2D eigenvalue weighted by atomic mass is 9.45. The van der Waals surface area contributed by atoms with Crippen molar-refractivity contribution in [3.05, 3.63) is 11.6 Å². The molecule has 4 aliphatic carbocycles. The molecule has 3 saturated carbocycles. The van der Waals surface area contributed by atoms with Crippen LogP contribution in [-0.2, 0) is 4.74 Å². The molecule has 3 fully saturated rings. The molecule has 0 aromatic rings. The quantitative estimate of drug-likeness (QED) is 0.425. The van der Waals surface area contributed by atoms with Gasteiger partial charge >= 0.3 is 0 Å². The summed E-state index contributed by atoms with van der Waals surface area (Å²) >= 11 is 0. The Morgan fingerprint density at radius 2 is 1.94 bits per heavy atom. The Kier molecular flexibility index (Phi) is 6.41. The highest BCUT2D eigenvalue weighted by atomic mass is 19.3. The minimum atomic E-state index is -2.56. The van der Waals surface area contributed by atoms with Gasteiger partial charge in [0.2, 0.25) is 5.92 Å². The normalized spacial score (nSPS) is 47.3. The van der Waals surface area contributed by atoms with Crippen molar-refractivity contribution < 1.29 is 18.6 Å². The molecular weight excluding hydrogens is 406 g/mol. The SMILES string of the molecule is CCC(F)(F)C[C@@H](C)[C@H]1CC[C@H]2[C@@H]3CC=C4C[C@](O)(CC)CC[C@]4(C)[C@H]3[C@@H](OC)C[C@]12C. The highest BCUT2D eigenvalue weighted by molar-refractivity contribution is 5.28. The van der Waals surface area contributed by atoms with Crippen LogP contribution in [0.4, 0.5) is 8.78 Å². The molecule has 0 amide bonds. The number of hydrogen-bond donors (Lipinski definition) is 1. The number of fused-ring (bicyclic) bond motifs is 5. The maximum Gasteiger partial charge on any atom is 0.248 e. The van der Waals surface area contributed by atoms with Gasteiger partial charge in [-0.2, -0.15) is 0 Å². The Hall–Kier alpha value is -0.480. The first kappa shape index (κ1) is 24.6. The second kappa shape index (κ2) is 8.33. The van der Waals surface area contributed by atoms with Gasteiger partial charge in [0, 0.05) is 20.0 Å². The molecule has 0 aromatic heterocycles. The maximum absolute atomic E-state index is 14.3. The summed E-state index contributed by atoms with van der Waals surface area (Å²) in [5, 5.41) is 11.0. The predicted molar refractivity (Wildman–Crippen MR) is 126 cm³/mol. The Morgan fingerprint density at radius 3 is 2.56 bits per heavy atom. The van der Waals surface area contributed by atoms with Gasteiger partial charge < -0.3 is 9.84 Å². The first-order chi connectivity index (χ1) is 14.9. The molecule has 184 valence electrons. The van der Waals surface area contributed by atoms with E-state index in [4.69, 9.17) is 4.74 Å². The van der Waals surface area contributed by atoms with Crippen LogP contribution in [0, 0.1) is 40.4 Å². The molecule has 0 aromatic carbocycles. The van der Waals surface area contributed by atoms with E-state index < -0.39 is 11.5 Å². The summed E-state index contributed by atoms with van der Waals surface area (Å²) in [6.07, 6.45) is 10.4. The number of alkyl halides is 2. The van der Waals surface area contributed by atoms with E-state index in [0.717, 1.165) is 44.9 Å². The monoisotopic (exact) mass is 452 g/mol. The summed E-state index contributed by atoms with van der Waals surface area (Å²) in [7, 11) is 1.86. The van der Waals surface area contributed by atoms with Gasteiger partial charge in [0.15, 0.2) is 0 Å². The molecule has 0 heterocycles. The summed E-state index contributed by atoms with van der Waals surface area (Å²) < 4.78 is 34.8. The number of halogens is 2. The van der Waals surface area contributed by atoms with Crippen LogP contribution in [0.1, 0.15) is 98.8 Å². The van der Waals surface area contributed by atoms with Crippen LogP contribution >= 0.6 is 0 Å². The number of ether oxygens (including phenoxy) is 1. The van der Waals surface area contributed by atoms with Gasteiger partial charge in [0.1, 0.15) is 0 Å². The molecule has 1 N–H and O–H groups in total. The van der Waals surface area contributed by atoms with Gasteiger partial charge in [0.25, 0.3) is 0 Å². The average molecular weight is 453 g/mol. The molecule has 4 aliphatic rings. The van der Waals surface area contributed by atoms with Crippen molar-refractivity contribution in [3.8, 4) is 0 Å². The minimum Gasteiger partial charge on any atom is -0.390 e. The molecule has 4 rings (SSSR count). The van der Waals surface area contributed by atoms with E-state index in [1.54, 1.807) is 6.92 Å². The fraction of sp³-hybridized carbons (Fsp3) is 0.929. The Morgan fingerprint density at radius 1 is 1.22 bits per heavy atom. The van der Waals surface area contributed by atoms with Crippen molar-refractivity contribution in [1.82, 2.24) is 0 Å². The number of allylic oxidation sites excluding steroid dienone is 1. The van der Waals surface area contributed by atoms with E-state index in [1.807, 2.05) is 7.11 Å². The number of rotatable bonds is 6. The zero-order chi connectivity index (χ0) is 23.5. The molecule has 9 atom stereocenters. The summed E-state index contributed by atoms with van der Waals surface area (Å²) in [5.41, 5.74) is 1.06. The molecule has 2 nitrogen and oxygen atoms in total. The van der Waals surface area contributed by atoms with Crippen LogP contribution in [0.25, 0.3) is 0 Å². The second-order valence-corrected chi connectivity index (χ2v) is 12.5. The smallest absolute Gasteiger partial charge is 0.248 e. The van der Waals surface area contributed by atoms with Crippen molar-refractivity contribution in [2.45, 2.75) is 116 Å². The third-order valence-corrected chi connectivity index (χ3v) is 11.0. The zero-order valence-electron chi connectivity index (χ0n) is 21.2. The lowest BCUT2D eigenvalue weighted by molar-refractivity contribution is -0.149. The van der Waals surface area contributed by atoms with Gasteiger partial charge in [-0.3, -0.25) is 0 Å². The Bertz CT molecular complexity index is 735. The maximum atomic E-state index is 14.3. The Labute approximate surface area is 194 Å². The molecular formula is C28H46F2O2. The molecule has 0 bridgehead atoms. The lowest BCUT2D eigenvalue weighted by Gasteiger charge is -2.61. The first-order valence-electron chi connectivity index (χ1n) is 13.3. The Balaban J connectivity index is 1.63. The molecule has 0 saturated heterocycles. The van der Waals surface area contributed by atoms with Crippen molar-refractivity contribution in [2.24, 2.45) is 40.4 Å². The van der Waals surface area contributed by atoms with Gasteiger partial charge in [-0.25, -0.2) is 8.78 Å². The van der Waals surface area contributed by atoms with Crippen molar-refractivity contribution in [3.63, 3.8) is 0 Å². The number of hydrogen-bond acceptors (Lipinski definition) is 2. The predicted octanol–water partition coefficient (Wildman–Crippen LogP) is 7.40. The highest BCUT2D eigenvalue weighted by Gasteiger charge is 2.63. The van der Waals surface area contributed by atoms with Crippen LogP contribution in [0.15, 0.2) is 11.6 Å². The summed E-state index contributed by atoms with van der Waals surface area (Å²) in [6.45, 7) is 10.6. The van der Waals surface area contributed by atoms with E-state index in [1.165, 1.54) is 12.0 Å². The van der Waals surface area contributed by atoms with Gasteiger partial charge in [-0.1, -0.05) is 46.3 Å². The zero-order valence-corrected chi connectivity index (χ0v) is 21.2. The standard InChI is InChI=1S/C28H46F2O2/c1-7-27(31)14-13-25(4)19(16-27)9-10-20-22-12-11-21(18(3)15-28(29,30)8-2)26(22,5)17-23(32-6)24(20)25/h9,18,20-24,31H,7-8,10-17H2,1-6H3/t18-,20+,21-,22+,23+,24-,25+,26-,27+/m1/s1. The topological polar surface area (TPSA) is 29.5 Å². The molecule has 0 aliphatic heterocycles. The minimum absolute atomic E-state index is 0.0135. The third-order valence-electron chi connectivity index (χ3n) is 11.0. The molecule has 32 heavy (non-hydrogen) atoms. The van der Waals surface area contributed by atoms with Crippen LogP contribution in [-0.4, -0.2) is 29.8 Å². The van der Waals surface area contributed by atoms with Crippen LogP contribution < -0.4 is 0 Å². The first-order valence-corrected chi connectivity index (χ1v) is 13.3. The van der Waals surface area contributed by atoms with Crippen molar-refractivity contribution in [2.75, 3.05) is 7.11 Å². The lowest BCUT2D eigenvalue weighted by Crippen LogP contribution is -2.58. The van der Waals surface area contributed by atoms with Gasteiger partial charge in [-0.05, 0) is 91.8 Å². The molecule has 0 unspecified atom stereocenters. The molecule has 0 radical (unpaired) electrons. The van der Waals surface area contributed by atoms with Crippen LogP contribution in [0.2, 0.25) is 0 Å². The van der Waals surface area contributed by atoms with Gasteiger partial charge in [0.05, 0.1) is 11.7 Å². The van der Waals surface area contributed by atoms with E-state index in [-0.39, 0.29) is 35.7 Å². The summed E-state index contributed by atoms with van der Waals surface area (Å²) in [4.78, 5) is 0. The molecule has 4 heteroatoms. The largest absolute Gasteiger partial charge is 0.390 e. The number of methoxy groups -OCH3 is 1. The number of aliphatic hydroxyl groups is 1. The highest BCUT2D eigenvalue weighted by Crippen LogP contribution is 2.68. The fourth-order valence-corrected chi connectivity index (χ4v) is 9.07. The van der Waals surface area contributed by atoms with Crippen LogP contribution in [0.3, 0.4) is 0 Å². The van der Waals surface area contributed by atoms with Gasteiger partial charge in [-0.15, -0.1) is 0 Å². The van der Waals surface area contributed by atoms with Crippen molar-refractivity contribution in [1.29, 1.82) is 0 Å². The van der Waals surface area contributed by atoms with E-state index in [0.29, 0.717) is 23.7 Å². The van der Waals surface area contributed by atoms with Crippen LogP contribution in [0.5, 0.6) is 0 Å². The van der Waals surface area contributed by atoms with E-state index in [9.17, 15) is 13.9 Å². The third kappa shape index (κ3) is 3.80. The van der Waals surface area contributed by atoms with Crippen molar-refractivity contribution >= 4 is 0 Å². The second-order valence-electron chi connectivity index (χ2n) is 12.5. The van der Waals surface area contributed by atoms with E-state index in [2.05, 4.69) is 33.8 Å². The summed E-state index contributed by atoms with van der Waals surface area (Å²) in [6, 6.07) is 0. The average Bonchev–Trinajstić information content (AvgIpc) is 3.10. The molecule has 0 spiro atoms. The van der Waals surface area contributed by atoms with E-state index >= 15 is 0 Å².